The molecule has 1 aliphatic heterocycles. The van der Waals surface area contributed by atoms with Crippen LogP contribution in [0.1, 0.15) is 35.7 Å². The number of nitrogens with one attached hydrogen (secondary N) is 1. The fraction of sp³-hybridized carbons (Fsp3) is 0.320. The van der Waals surface area contributed by atoms with E-state index < -0.39 is 12.1 Å². The van der Waals surface area contributed by atoms with Crippen LogP contribution in [0.2, 0.25) is 0 Å². The molecular formula is C25H27N3O3S. The molecule has 1 N–H and O–H groups in total. The molecule has 2 heterocycles. The number of aryl methyl sites for hydroxylation is 3. The van der Waals surface area contributed by atoms with E-state index >= 15 is 0 Å². The molecule has 32 heavy (non-hydrogen) atoms. The quantitative estimate of drug-likeness (QED) is 0.576. The summed E-state index contributed by atoms with van der Waals surface area (Å²) < 4.78 is 5.98. The Hall–Kier alpha value is -3.19. The van der Waals surface area contributed by atoms with Crippen molar-refractivity contribution in [2.75, 3.05) is 10.2 Å². The van der Waals surface area contributed by atoms with E-state index in [1.165, 1.54) is 0 Å². The van der Waals surface area contributed by atoms with Crippen LogP contribution in [0.3, 0.4) is 0 Å². The summed E-state index contributed by atoms with van der Waals surface area (Å²) in [6.45, 7) is 9.59. The fourth-order valence-electron chi connectivity index (χ4n) is 3.95. The monoisotopic (exact) mass is 449 g/mol. The van der Waals surface area contributed by atoms with Crippen molar-refractivity contribution in [3.05, 3.63) is 57.9 Å². The molecule has 0 saturated heterocycles. The summed E-state index contributed by atoms with van der Waals surface area (Å²) in [6, 6.07) is 12.6. The standard InChI is InChI=1S/C25H27N3O3S/c1-6-21-25(30)28(15(3)24(29)27-19-10-8-7-9-14(19)2)20-13-18(11-12-22(20)31-21)23-16(4)32-17(5)26-23/h7-13,15,21H,6H2,1-5H3,(H,27,29). The summed E-state index contributed by atoms with van der Waals surface area (Å²) in [5.41, 5.74) is 4.07. The second-order valence-electron chi connectivity index (χ2n) is 8.02. The number of hydrogen-bond acceptors (Lipinski definition) is 5. The topological polar surface area (TPSA) is 71.5 Å². The Kier molecular flexibility index (Phi) is 6.02. The fourth-order valence-corrected chi connectivity index (χ4v) is 4.79. The third kappa shape index (κ3) is 4.00. The van der Waals surface area contributed by atoms with E-state index in [1.807, 2.05) is 70.2 Å². The molecule has 1 aliphatic rings. The SMILES string of the molecule is CCC1Oc2ccc(-c3nc(C)sc3C)cc2N(C(C)C(=O)Nc2ccccc2C)C1=O. The first-order valence-electron chi connectivity index (χ1n) is 10.7. The number of rotatable bonds is 5. The first kappa shape index (κ1) is 22.0. The Bertz CT molecular complexity index is 1190. The van der Waals surface area contributed by atoms with Gasteiger partial charge >= 0.3 is 0 Å². The third-order valence-electron chi connectivity index (χ3n) is 5.72. The lowest BCUT2D eigenvalue weighted by Gasteiger charge is -2.37. The van der Waals surface area contributed by atoms with Crippen LogP contribution in [0.15, 0.2) is 42.5 Å². The highest BCUT2D eigenvalue weighted by Crippen LogP contribution is 2.40. The number of benzene rings is 2. The Morgan fingerprint density at radius 1 is 1.22 bits per heavy atom. The van der Waals surface area contributed by atoms with Crippen molar-refractivity contribution in [2.45, 2.75) is 53.2 Å². The van der Waals surface area contributed by atoms with Crippen LogP contribution >= 0.6 is 11.3 Å². The zero-order valence-electron chi connectivity index (χ0n) is 18.9. The smallest absolute Gasteiger partial charge is 0.268 e. The molecule has 166 valence electrons. The van der Waals surface area contributed by atoms with E-state index in [2.05, 4.69) is 10.3 Å². The summed E-state index contributed by atoms with van der Waals surface area (Å²) >= 11 is 1.63. The van der Waals surface area contributed by atoms with Gasteiger partial charge in [-0.1, -0.05) is 25.1 Å². The minimum atomic E-state index is -0.715. The number of ether oxygens (including phenoxy) is 1. The Labute approximate surface area is 192 Å². The number of carbonyl (C=O) groups excluding carboxylic acids is 2. The van der Waals surface area contributed by atoms with Crippen LogP contribution in [-0.2, 0) is 9.59 Å². The molecule has 2 amide bonds. The van der Waals surface area contributed by atoms with Crippen molar-refractivity contribution in [3.63, 3.8) is 0 Å². The summed E-state index contributed by atoms with van der Waals surface area (Å²) in [4.78, 5) is 33.8. The largest absolute Gasteiger partial charge is 0.478 e. The molecule has 4 rings (SSSR count). The van der Waals surface area contributed by atoms with Crippen LogP contribution in [0.4, 0.5) is 11.4 Å². The van der Waals surface area contributed by atoms with E-state index in [4.69, 9.17) is 4.74 Å². The number of aromatic nitrogens is 1. The van der Waals surface area contributed by atoms with Crippen molar-refractivity contribution in [3.8, 4) is 17.0 Å². The van der Waals surface area contributed by atoms with Crippen molar-refractivity contribution in [1.82, 2.24) is 4.98 Å². The number of thiazole rings is 1. The van der Waals surface area contributed by atoms with E-state index in [1.54, 1.807) is 23.2 Å². The number of fused-ring (bicyclic) bond motifs is 1. The average molecular weight is 450 g/mol. The first-order chi connectivity index (χ1) is 15.3. The van der Waals surface area contributed by atoms with Gasteiger partial charge in [0.25, 0.3) is 5.91 Å². The molecule has 1 aromatic heterocycles. The minimum absolute atomic E-state index is 0.212. The Morgan fingerprint density at radius 3 is 2.62 bits per heavy atom. The predicted octanol–water partition coefficient (Wildman–Crippen LogP) is 5.27. The van der Waals surface area contributed by atoms with E-state index in [0.717, 1.165) is 32.4 Å². The second kappa shape index (κ2) is 8.74. The van der Waals surface area contributed by atoms with Gasteiger partial charge in [0.2, 0.25) is 5.91 Å². The van der Waals surface area contributed by atoms with Gasteiger partial charge in [-0.3, -0.25) is 14.5 Å². The molecule has 2 atom stereocenters. The van der Waals surface area contributed by atoms with Crippen LogP contribution in [0, 0.1) is 20.8 Å². The average Bonchev–Trinajstić information content (AvgIpc) is 3.12. The van der Waals surface area contributed by atoms with Crippen molar-refractivity contribution in [2.24, 2.45) is 0 Å². The lowest BCUT2D eigenvalue weighted by atomic mass is 10.0. The Balaban J connectivity index is 1.73. The summed E-state index contributed by atoms with van der Waals surface area (Å²) in [6.07, 6.45) is -0.0992. The van der Waals surface area contributed by atoms with Crippen LogP contribution in [0.5, 0.6) is 5.75 Å². The summed E-state index contributed by atoms with van der Waals surface area (Å²) in [5, 5.41) is 3.95. The maximum Gasteiger partial charge on any atom is 0.268 e. The van der Waals surface area contributed by atoms with Gasteiger partial charge in [0, 0.05) is 16.1 Å². The van der Waals surface area contributed by atoms with Gasteiger partial charge in [0.15, 0.2) is 6.10 Å². The molecule has 0 spiro atoms. The van der Waals surface area contributed by atoms with Crippen LogP contribution in [0.25, 0.3) is 11.3 Å². The van der Waals surface area contributed by atoms with Gasteiger partial charge in [-0.25, -0.2) is 4.98 Å². The van der Waals surface area contributed by atoms with Crippen molar-refractivity contribution < 1.29 is 14.3 Å². The number of amides is 2. The second-order valence-corrected chi connectivity index (χ2v) is 9.43. The van der Waals surface area contributed by atoms with Gasteiger partial charge in [-0.2, -0.15) is 0 Å². The van der Waals surface area contributed by atoms with Gasteiger partial charge in [0.1, 0.15) is 11.8 Å². The number of para-hydroxylation sites is 1. The molecule has 0 radical (unpaired) electrons. The lowest BCUT2D eigenvalue weighted by molar-refractivity contribution is -0.129. The van der Waals surface area contributed by atoms with Crippen LogP contribution < -0.4 is 15.0 Å². The van der Waals surface area contributed by atoms with Gasteiger partial charge < -0.3 is 10.1 Å². The molecule has 2 unspecified atom stereocenters. The van der Waals surface area contributed by atoms with E-state index in [9.17, 15) is 9.59 Å². The summed E-state index contributed by atoms with van der Waals surface area (Å²) in [5.74, 6) is 0.137. The molecule has 7 heteroatoms. The van der Waals surface area contributed by atoms with Gasteiger partial charge in [-0.15, -0.1) is 11.3 Å². The molecule has 0 aliphatic carbocycles. The molecule has 0 bridgehead atoms. The zero-order valence-corrected chi connectivity index (χ0v) is 19.7. The van der Waals surface area contributed by atoms with E-state index in [0.29, 0.717) is 17.9 Å². The minimum Gasteiger partial charge on any atom is -0.478 e. The predicted molar refractivity (Wildman–Crippen MR) is 128 cm³/mol. The molecule has 6 nitrogen and oxygen atoms in total. The lowest BCUT2D eigenvalue weighted by Crippen LogP contribution is -2.53. The molecular weight excluding hydrogens is 422 g/mol. The molecule has 0 saturated carbocycles. The first-order valence-corrected chi connectivity index (χ1v) is 11.6. The number of nitrogens with zero attached hydrogens (tertiary/aromatic N) is 2. The van der Waals surface area contributed by atoms with Gasteiger partial charge in [-0.05, 0) is 63.9 Å². The number of hydrogen-bond donors (Lipinski definition) is 1. The highest BCUT2D eigenvalue weighted by atomic mass is 32.1. The maximum atomic E-state index is 13.3. The number of anilines is 2. The maximum absolute atomic E-state index is 13.3. The molecule has 2 aromatic carbocycles. The number of carbonyl (C=O) groups is 2. The summed E-state index contributed by atoms with van der Waals surface area (Å²) in [7, 11) is 0. The normalized spacial score (nSPS) is 16.3. The van der Waals surface area contributed by atoms with Gasteiger partial charge in [0.05, 0.1) is 16.4 Å². The van der Waals surface area contributed by atoms with E-state index in [-0.39, 0.29) is 11.8 Å². The molecule has 0 fully saturated rings. The van der Waals surface area contributed by atoms with Crippen molar-refractivity contribution >= 4 is 34.5 Å². The Morgan fingerprint density at radius 2 is 1.97 bits per heavy atom. The zero-order chi connectivity index (χ0) is 23.0. The highest BCUT2D eigenvalue weighted by Gasteiger charge is 2.38. The van der Waals surface area contributed by atoms with Crippen LogP contribution in [-0.4, -0.2) is 28.9 Å². The van der Waals surface area contributed by atoms with Crippen molar-refractivity contribution in [1.29, 1.82) is 0 Å². The molecule has 3 aromatic rings. The third-order valence-corrected chi connectivity index (χ3v) is 6.60. The highest BCUT2D eigenvalue weighted by molar-refractivity contribution is 7.11.